The Labute approximate surface area is 98.8 Å². The second-order valence-electron chi connectivity index (χ2n) is 5.12. The Bertz CT molecular complexity index is 356. The number of fused-ring (bicyclic) bond motifs is 1. The lowest BCUT2D eigenvalue weighted by Crippen LogP contribution is -2.32. The van der Waals surface area contributed by atoms with E-state index in [1.54, 1.807) is 0 Å². The molecule has 1 nitrogen and oxygen atoms in total. The molecule has 1 atom stereocenters. The van der Waals surface area contributed by atoms with E-state index in [0.717, 1.165) is 19.6 Å². The highest BCUT2D eigenvalue weighted by molar-refractivity contribution is 5.35. The summed E-state index contributed by atoms with van der Waals surface area (Å²) in [5, 5.41) is 0. The molecule has 0 bridgehead atoms. The summed E-state index contributed by atoms with van der Waals surface area (Å²) in [6.07, 6.45) is 2.35. The largest absolute Gasteiger partial charge is 0.377 e. The van der Waals surface area contributed by atoms with Gasteiger partial charge in [-0.2, -0.15) is 0 Å². The van der Waals surface area contributed by atoms with Crippen LogP contribution in [0.2, 0.25) is 0 Å². The molecule has 2 rings (SSSR count). The van der Waals surface area contributed by atoms with Gasteiger partial charge in [0, 0.05) is 6.61 Å². The molecule has 0 aromatic heterocycles. The molecule has 0 radical (unpaired) electrons. The smallest absolute Gasteiger partial charge is 0.0719 e. The molecular formula is C15H22O. The monoisotopic (exact) mass is 218 g/mol. The molecule has 0 saturated heterocycles. The fraction of sp³-hybridized carbons (Fsp3) is 0.600. The van der Waals surface area contributed by atoms with Crippen LogP contribution in [-0.2, 0) is 16.8 Å². The Balaban J connectivity index is 2.53. The molecule has 1 aliphatic heterocycles. The Morgan fingerprint density at radius 1 is 1.31 bits per heavy atom. The van der Waals surface area contributed by atoms with Gasteiger partial charge in [0.05, 0.1) is 6.61 Å². The summed E-state index contributed by atoms with van der Waals surface area (Å²) in [7, 11) is 0. The van der Waals surface area contributed by atoms with Gasteiger partial charge in [-0.05, 0) is 35.3 Å². The Morgan fingerprint density at radius 2 is 2.06 bits per heavy atom. The minimum Gasteiger partial charge on any atom is -0.377 e. The van der Waals surface area contributed by atoms with Gasteiger partial charge in [0.2, 0.25) is 0 Å². The maximum absolute atomic E-state index is 5.73. The van der Waals surface area contributed by atoms with Crippen LogP contribution in [0.4, 0.5) is 0 Å². The number of hydrogen-bond donors (Lipinski definition) is 0. The Morgan fingerprint density at radius 3 is 2.75 bits per heavy atom. The molecule has 1 aliphatic rings. The third-order valence-corrected chi connectivity index (χ3v) is 4.24. The van der Waals surface area contributed by atoms with Crippen molar-refractivity contribution in [3.05, 3.63) is 35.4 Å². The standard InChI is InChI=1S/C15H22O/c1-4-15(12(2)3)9-10-16-11-13-7-5-6-8-14(13)15/h5-8,12H,4,9-11H2,1-3H3. The molecule has 0 aliphatic carbocycles. The van der Waals surface area contributed by atoms with Crippen LogP contribution in [0.25, 0.3) is 0 Å². The van der Waals surface area contributed by atoms with Gasteiger partial charge in [0.15, 0.2) is 0 Å². The van der Waals surface area contributed by atoms with Crippen LogP contribution in [-0.4, -0.2) is 6.61 Å². The van der Waals surface area contributed by atoms with Crippen molar-refractivity contribution < 1.29 is 4.74 Å². The molecule has 16 heavy (non-hydrogen) atoms. The van der Waals surface area contributed by atoms with E-state index in [1.165, 1.54) is 17.5 Å². The van der Waals surface area contributed by atoms with Crippen LogP contribution < -0.4 is 0 Å². The van der Waals surface area contributed by atoms with E-state index < -0.39 is 0 Å². The second-order valence-corrected chi connectivity index (χ2v) is 5.12. The molecule has 88 valence electrons. The number of rotatable bonds is 2. The molecule has 0 saturated carbocycles. The van der Waals surface area contributed by atoms with E-state index in [2.05, 4.69) is 45.0 Å². The molecule has 1 aromatic carbocycles. The van der Waals surface area contributed by atoms with Crippen LogP contribution in [0.3, 0.4) is 0 Å². The highest BCUT2D eigenvalue weighted by Crippen LogP contribution is 2.42. The van der Waals surface area contributed by atoms with Crippen molar-refractivity contribution in [3.63, 3.8) is 0 Å². The van der Waals surface area contributed by atoms with E-state index in [9.17, 15) is 0 Å². The molecular weight excluding hydrogens is 196 g/mol. The average Bonchev–Trinajstić information content (AvgIpc) is 2.49. The van der Waals surface area contributed by atoms with Crippen molar-refractivity contribution in [3.8, 4) is 0 Å². The third-order valence-electron chi connectivity index (χ3n) is 4.24. The van der Waals surface area contributed by atoms with Crippen LogP contribution in [0.15, 0.2) is 24.3 Å². The normalized spacial score (nSPS) is 25.2. The second kappa shape index (κ2) is 4.58. The van der Waals surface area contributed by atoms with Gasteiger partial charge in [-0.25, -0.2) is 0 Å². The van der Waals surface area contributed by atoms with Crippen molar-refractivity contribution >= 4 is 0 Å². The first-order valence-electron chi connectivity index (χ1n) is 6.37. The average molecular weight is 218 g/mol. The summed E-state index contributed by atoms with van der Waals surface area (Å²) in [6.45, 7) is 8.66. The van der Waals surface area contributed by atoms with Gasteiger partial charge in [0.1, 0.15) is 0 Å². The lowest BCUT2D eigenvalue weighted by atomic mass is 9.67. The minimum atomic E-state index is 0.313. The van der Waals surface area contributed by atoms with Gasteiger partial charge in [-0.1, -0.05) is 45.0 Å². The molecule has 1 unspecified atom stereocenters. The van der Waals surface area contributed by atoms with Crippen LogP contribution in [0.1, 0.15) is 44.7 Å². The Kier molecular flexibility index (Phi) is 3.34. The SMILES string of the molecule is CCC1(C(C)C)CCOCc2ccccc21. The summed E-state index contributed by atoms with van der Waals surface area (Å²) >= 11 is 0. The van der Waals surface area contributed by atoms with Gasteiger partial charge in [-0.15, -0.1) is 0 Å². The first-order valence-corrected chi connectivity index (χ1v) is 6.37. The zero-order chi connectivity index (χ0) is 11.6. The highest BCUT2D eigenvalue weighted by Gasteiger charge is 2.36. The number of hydrogen-bond acceptors (Lipinski definition) is 1. The first-order chi connectivity index (χ1) is 7.70. The van der Waals surface area contributed by atoms with Crippen LogP contribution in [0.5, 0.6) is 0 Å². The molecule has 0 fully saturated rings. The first kappa shape index (κ1) is 11.7. The van der Waals surface area contributed by atoms with Crippen LogP contribution >= 0.6 is 0 Å². The summed E-state index contributed by atoms with van der Waals surface area (Å²) in [6, 6.07) is 8.80. The molecule has 0 spiro atoms. The lowest BCUT2D eigenvalue weighted by Gasteiger charge is -2.37. The van der Waals surface area contributed by atoms with E-state index in [-0.39, 0.29) is 0 Å². The fourth-order valence-electron chi connectivity index (χ4n) is 3.08. The molecule has 1 heteroatoms. The summed E-state index contributed by atoms with van der Waals surface area (Å²) in [4.78, 5) is 0. The van der Waals surface area contributed by atoms with Crippen LogP contribution in [0, 0.1) is 5.92 Å². The number of benzene rings is 1. The quantitative estimate of drug-likeness (QED) is 0.731. The highest BCUT2D eigenvalue weighted by atomic mass is 16.5. The zero-order valence-electron chi connectivity index (χ0n) is 10.6. The Hall–Kier alpha value is -0.820. The lowest BCUT2D eigenvalue weighted by molar-refractivity contribution is 0.105. The van der Waals surface area contributed by atoms with Crippen molar-refractivity contribution in [2.75, 3.05) is 6.61 Å². The van der Waals surface area contributed by atoms with Crippen molar-refractivity contribution in [2.24, 2.45) is 5.92 Å². The van der Waals surface area contributed by atoms with Gasteiger partial charge in [-0.3, -0.25) is 0 Å². The molecule has 0 N–H and O–H groups in total. The fourth-order valence-corrected chi connectivity index (χ4v) is 3.08. The predicted octanol–water partition coefficient (Wildman–Crippen LogP) is 3.91. The maximum atomic E-state index is 5.73. The zero-order valence-corrected chi connectivity index (χ0v) is 10.6. The van der Waals surface area contributed by atoms with E-state index in [1.807, 2.05) is 0 Å². The topological polar surface area (TPSA) is 9.23 Å². The van der Waals surface area contributed by atoms with Crippen molar-refractivity contribution in [1.29, 1.82) is 0 Å². The number of ether oxygens (including phenoxy) is 1. The van der Waals surface area contributed by atoms with Gasteiger partial charge in [0.25, 0.3) is 0 Å². The molecule has 1 heterocycles. The van der Waals surface area contributed by atoms with Gasteiger partial charge < -0.3 is 4.74 Å². The summed E-state index contributed by atoms with van der Waals surface area (Å²) in [5.74, 6) is 0.667. The summed E-state index contributed by atoms with van der Waals surface area (Å²) in [5.41, 5.74) is 3.22. The van der Waals surface area contributed by atoms with E-state index in [0.29, 0.717) is 11.3 Å². The predicted molar refractivity (Wildman–Crippen MR) is 67.5 cm³/mol. The van der Waals surface area contributed by atoms with Crippen molar-refractivity contribution in [1.82, 2.24) is 0 Å². The van der Waals surface area contributed by atoms with Crippen molar-refractivity contribution in [2.45, 2.75) is 45.6 Å². The van der Waals surface area contributed by atoms with Gasteiger partial charge >= 0.3 is 0 Å². The molecule has 0 amide bonds. The molecule has 1 aromatic rings. The minimum absolute atomic E-state index is 0.313. The van der Waals surface area contributed by atoms with E-state index in [4.69, 9.17) is 4.74 Å². The maximum Gasteiger partial charge on any atom is 0.0719 e. The third kappa shape index (κ3) is 1.78. The summed E-state index contributed by atoms with van der Waals surface area (Å²) < 4.78 is 5.73. The van der Waals surface area contributed by atoms with E-state index >= 15 is 0 Å².